The molecule has 2 aliphatic heterocycles. The second-order valence-corrected chi connectivity index (χ2v) is 9.48. The van der Waals surface area contributed by atoms with Crippen molar-refractivity contribution in [3.05, 3.63) is 65.4 Å². The molecule has 2 fully saturated rings. The van der Waals surface area contributed by atoms with Gasteiger partial charge in [0, 0.05) is 38.0 Å². The highest BCUT2D eigenvalue weighted by Crippen LogP contribution is 2.35. The number of fused-ring (bicyclic) bond motifs is 1. The fraction of sp³-hybridized carbons (Fsp3) is 0.417. The van der Waals surface area contributed by atoms with Crippen LogP contribution >= 0.6 is 0 Å². The molecule has 1 aromatic carbocycles. The Kier molecular flexibility index (Phi) is 5.16. The number of aryl methyl sites for hydroxylation is 1. The predicted molar refractivity (Wildman–Crippen MR) is 121 cm³/mol. The lowest BCUT2D eigenvalue weighted by Crippen LogP contribution is -2.34. The summed E-state index contributed by atoms with van der Waals surface area (Å²) >= 11 is 0. The van der Waals surface area contributed by atoms with E-state index in [0.29, 0.717) is 24.5 Å². The van der Waals surface area contributed by atoms with E-state index in [-0.39, 0.29) is 23.3 Å². The van der Waals surface area contributed by atoms with Crippen molar-refractivity contribution in [2.75, 3.05) is 31.1 Å². The van der Waals surface area contributed by atoms with Crippen molar-refractivity contribution in [3.8, 4) is 5.69 Å². The third kappa shape index (κ3) is 3.86. The maximum Gasteiger partial charge on any atom is 0.259 e. The maximum atomic E-state index is 14.7. The number of benzene rings is 1. The van der Waals surface area contributed by atoms with E-state index in [2.05, 4.69) is 15.1 Å². The minimum absolute atomic E-state index is 0.000509. The first-order valence-electron chi connectivity index (χ1n) is 11.1. The molecule has 1 amide bonds. The minimum atomic E-state index is -1.01. The van der Waals surface area contributed by atoms with Gasteiger partial charge in [0.1, 0.15) is 28.5 Å². The molecule has 8 nitrogen and oxygen atoms in total. The number of anilines is 1. The fourth-order valence-electron chi connectivity index (χ4n) is 5.05. The zero-order chi connectivity index (χ0) is 23.3. The van der Waals surface area contributed by atoms with E-state index in [0.717, 1.165) is 24.5 Å². The number of hydrogen-bond acceptors (Lipinski definition) is 6. The van der Waals surface area contributed by atoms with Gasteiger partial charge in [-0.15, -0.1) is 0 Å². The van der Waals surface area contributed by atoms with Crippen LogP contribution in [0.5, 0.6) is 0 Å². The van der Waals surface area contributed by atoms with Crippen LogP contribution in [0.25, 0.3) is 5.69 Å². The molecular weight excluding hydrogens is 423 g/mol. The quantitative estimate of drug-likeness (QED) is 0.657. The molecular formula is C24H27FN6O2. The lowest BCUT2D eigenvalue weighted by molar-refractivity contribution is 0.0730. The molecule has 3 aromatic rings. The first kappa shape index (κ1) is 21.5. The molecule has 0 spiro atoms. The number of hydrogen-bond donors (Lipinski definition) is 1. The van der Waals surface area contributed by atoms with Crippen LogP contribution in [0.15, 0.2) is 42.7 Å². The Morgan fingerprint density at radius 3 is 2.36 bits per heavy atom. The summed E-state index contributed by atoms with van der Waals surface area (Å²) in [6.45, 7) is 8.08. The number of aliphatic hydroxyl groups is 1. The second kappa shape index (κ2) is 7.91. The van der Waals surface area contributed by atoms with Gasteiger partial charge >= 0.3 is 0 Å². The molecule has 2 aliphatic rings. The first-order chi connectivity index (χ1) is 15.7. The average Bonchev–Trinajstić information content (AvgIpc) is 3.49. The van der Waals surface area contributed by atoms with E-state index < -0.39 is 11.4 Å². The number of aromatic nitrogens is 4. The van der Waals surface area contributed by atoms with Crippen LogP contribution in [0.2, 0.25) is 0 Å². The predicted octanol–water partition coefficient (Wildman–Crippen LogP) is 2.55. The number of carbonyl (C=O) groups excluding carboxylic acids is 1. The average molecular weight is 451 g/mol. The van der Waals surface area contributed by atoms with Crippen molar-refractivity contribution in [3.63, 3.8) is 0 Å². The molecule has 0 saturated carbocycles. The van der Waals surface area contributed by atoms with E-state index >= 15 is 0 Å². The van der Waals surface area contributed by atoms with Crippen LogP contribution in [-0.2, 0) is 5.60 Å². The molecule has 2 atom stereocenters. The van der Waals surface area contributed by atoms with E-state index in [9.17, 15) is 14.3 Å². The number of rotatable bonds is 4. The smallest absolute Gasteiger partial charge is 0.259 e. The summed E-state index contributed by atoms with van der Waals surface area (Å²) in [5.41, 5.74) is 0.954. The first-order valence-corrected chi connectivity index (χ1v) is 11.1. The van der Waals surface area contributed by atoms with Crippen LogP contribution in [0.1, 0.15) is 35.5 Å². The number of nitrogens with zero attached hydrogens (tertiary/aromatic N) is 6. The van der Waals surface area contributed by atoms with Crippen LogP contribution in [0.4, 0.5) is 10.2 Å². The second-order valence-electron chi connectivity index (χ2n) is 9.48. The minimum Gasteiger partial charge on any atom is -0.384 e. The van der Waals surface area contributed by atoms with Gasteiger partial charge in [-0.25, -0.2) is 9.37 Å². The Morgan fingerprint density at radius 2 is 1.73 bits per heavy atom. The highest BCUT2D eigenvalue weighted by Gasteiger charge is 2.43. The van der Waals surface area contributed by atoms with E-state index in [1.165, 1.54) is 23.3 Å². The van der Waals surface area contributed by atoms with Gasteiger partial charge in [0.25, 0.3) is 5.91 Å². The Bertz CT molecular complexity index is 1180. The monoisotopic (exact) mass is 450 g/mol. The van der Waals surface area contributed by atoms with E-state index in [1.54, 1.807) is 30.9 Å². The maximum absolute atomic E-state index is 14.7. The molecule has 0 aliphatic carbocycles. The van der Waals surface area contributed by atoms with Gasteiger partial charge < -0.3 is 14.9 Å². The molecule has 172 valence electrons. The zero-order valence-corrected chi connectivity index (χ0v) is 18.9. The number of carbonyl (C=O) groups is 1. The standard InChI is InChI=1S/C24H27FN6O2/c1-15-7-8-20(28-22(15)24(2,3)33)29-11-16-13-30(14-17(16)12-29)23(32)21-18(25)5-4-6-19(21)31-26-9-10-27-31/h4-10,16-17,33H,11-14H2,1-3H3/t16-,17+. The Labute approximate surface area is 191 Å². The molecule has 2 saturated heterocycles. The molecule has 0 bridgehead atoms. The summed E-state index contributed by atoms with van der Waals surface area (Å²) < 4.78 is 14.7. The molecule has 0 radical (unpaired) electrons. The SMILES string of the molecule is Cc1ccc(N2C[C@H]3CN(C(=O)c4c(F)cccc4-n4nccn4)C[C@H]3C2)nc1C(C)(C)O. The summed E-state index contributed by atoms with van der Waals surface area (Å²) in [6, 6.07) is 8.47. The fourth-order valence-corrected chi connectivity index (χ4v) is 5.05. The van der Waals surface area contributed by atoms with Crippen LogP contribution in [0, 0.1) is 24.6 Å². The van der Waals surface area contributed by atoms with Gasteiger partial charge in [0.05, 0.1) is 18.1 Å². The summed E-state index contributed by atoms with van der Waals surface area (Å²) in [7, 11) is 0. The Balaban J connectivity index is 1.33. The lowest BCUT2D eigenvalue weighted by atomic mass is 10.0. The van der Waals surface area contributed by atoms with Crippen LogP contribution in [0.3, 0.4) is 0 Å². The highest BCUT2D eigenvalue weighted by atomic mass is 19.1. The molecule has 2 aromatic heterocycles. The van der Waals surface area contributed by atoms with Crippen molar-refractivity contribution >= 4 is 11.7 Å². The third-order valence-corrected chi connectivity index (χ3v) is 6.60. The van der Waals surface area contributed by atoms with Gasteiger partial charge in [0.15, 0.2) is 0 Å². The molecule has 9 heteroatoms. The van der Waals surface area contributed by atoms with Gasteiger partial charge in [-0.05, 0) is 44.5 Å². The van der Waals surface area contributed by atoms with Crippen LogP contribution in [-0.4, -0.2) is 62.1 Å². The normalized spacial score (nSPS) is 20.4. The number of amides is 1. The number of halogens is 1. The largest absolute Gasteiger partial charge is 0.384 e. The molecule has 4 heterocycles. The topological polar surface area (TPSA) is 87.4 Å². The van der Waals surface area contributed by atoms with Gasteiger partial charge in [-0.3, -0.25) is 4.79 Å². The molecule has 33 heavy (non-hydrogen) atoms. The van der Waals surface area contributed by atoms with Crippen molar-refractivity contribution in [1.29, 1.82) is 0 Å². The van der Waals surface area contributed by atoms with E-state index in [1.807, 2.05) is 19.1 Å². The Morgan fingerprint density at radius 1 is 1.06 bits per heavy atom. The van der Waals surface area contributed by atoms with Gasteiger partial charge in [-0.2, -0.15) is 15.0 Å². The number of pyridine rings is 1. The van der Waals surface area contributed by atoms with Crippen molar-refractivity contribution in [1.82, 2.24) is 24.9 Å². The summed E-state index contributed by atoms with van der Waals surface area (Å²) in [5, 5.41) is 18.6. The van der Waals surface area contributed by atoms with Crippen molar-refractivity contribution in [2.45, 2.75) is 26.4 Å². The van der Waals surface area contributed by atoms with Gasteiger partial charge in [0.2, 0.25) is 0 Å². The molecule has 5 rings (SSSR count). The van der Waals surface area contributed by atoms with Crippen LogP contribution < -0.4 is 4.90 Å². The summed E-state index contributed by atoms with van der Waals surface area (Å²) in [5.74, 6) is 0.489. The highest BCUT2D eigenvalue weighted by molar-refractivity contribution is 5.98. The Hall–Kier alpha value is -3.33. The number of likely N-dealkylation sites (tertiary alicyclic amines) is 1. The molecule has 1 N–H and O–H groups in total. The molecule has 0 unspecified atom stereocenters. The van der Waals surface area contributed by atoms with Crippen molar-refractivity contribution in [2.24, 2.45) is 11.8 Å². The lowest BCUT2D eigenvalue weighted by Gasteiger charge is -2.25. The van der Waals surface area contributed by atoms with E-state index in [4.69, 9.17) is 4.98 Å². The van der Waals surface area contributed by atoms with Crippen molar-refractivity contribution < 1.29 is 14.3 Å². The zero-order valence-electron chi connectivity index (χ0n) is 18.9. The summed E-state index contributed by atoms with van der Waals surface area (Å²) in [4.78, 5) is 23.3. The summed E-state index contributed by atoms with van der Waals surface area (Å²) in [6.07, 6.45) is 2.99. The van der Waals surface area contributed by atoms with Gasteiger partial charge in [-0.1, -0.05) is 12.1 Å². The third-order valence-electron chi connectivity index (χ3n) is 6.60.